The number of aryl methyl sites for hydroxylation is 1. The summed E-state index contributed by atoms with van der Waals surface area (Å²) in [7, 11) is 1.61. The highest BCUT2D eigenvalue weighted by molar-refractivity contribution is 6.05. The van der Waals surface area contributed by atoms with Gasteiger partial charge in [0.2, 0.25) is 5.91 Å². The number of hydrogen-bond donors (Lipinski definition) is 0. The Kier molecular flexibility index (Phi) is 3.54. The molecule has 0 saturated heterocycles. The van der Waals surface area contributed by atoms with Crippen LogP contribution in [0.4, 0.5) is 0 Å². The number of hydrazone groups is 1. The third-order valence-electron chi connectivity index (χ3n) is 2.67. The van der Waals surface area contributed by atoms with Crippen molar-refractivity contribution in [2.24, 2.45) is 5.10 Å². The van der Waals surface area contributed by atoms with Gasteiger partial charge >= 0.3 is 0 Å². The molecule has 2 rings (SSSR count). The number of benzene rings is 1. The van der Waals surface area contributed by atoms with E-state index < -0.39 is 0 Å². The molecule has 1 aromatic carbocycles. The van der Waals surface area contributed by atoms with Crippen molar-refractivity contribution in [2.45, 2.75) is 19.9 Å². The molecule has 0 fully saturated rings. The molecular formula is C13H16N2O2. The monoisotopic (exact) mass is 232 g/mol. The predicted octanol–water partition coefficient (Wildman–Crippen LogP) is 1.73. The second-order valence-corrected chi connectivity index (χ2v) is 4.21. The van der Waals surface area contributed by atoms with Crippen molar-refractivity contribution < 1.29 is 9.53 Å². The first kappa shape index (κ1) is 11.8. The van der Waals surface area contributed by atoms with E-state index in [4.69, 9.17) is 4.74 Å². The molecule has 1 aromatic rings. The maximum Gasteiger partial charge on any atom is 0.248 e. The second-order valence-electron chi connectivity index (χ2n) is 4.21. The number of carbonyl (C=O) groups excluding carboxylic acids is 1. The van der Waals surface area contributed by atoms with Gasteiger partial charge in [-0.2, -0.15) is 5.10 Å². The SMILES string of the molecule is COCC1=NN(Cc2ccc(C)cc2)C(=O)C1. The van der Waals surface area contributed by atoms with E-state index in [1.807, 2.05) is 31.2 Å². The zero-order valence-corrected chi connectivity index (χ0v) is 10.1. The number of hydrogen-bond acceptors (Lipinski definition) is 3. The fraction of sp³-hybridized carbons (Fsp3) is 0.385. The van der Waals surface area contributed by atoms with E-state index in [1.165, 1.54) is 10.6 Å². The van der Waals surface area contributed by atoms with Crippen LogP contribution in [0.15, 0.2) is 29.4 Å². The minimum absolute atomic E-state index is 0.0395. The molecule has 4 nitrogen and oxygen atoms in total. The van der Waals surface area contributed by atoms with Crippen LogP contribution in [-0.4, -0.2) is 30.3 Å². The van der Waals surface area contributed by atoms with E-state index in [0.29, 0.717) is 19.6 Å². The van der Waals surface area contributed by atoms with Crippen LogP contribution in [0.5, 0.6) is 0 Å². The lowest BCUT2D eigenvalue weighted by Gasteiger charge is -2.11. The van der Waals surface area contributed by atoms with Gasteiger partial charge in [-0.3, -0.25) is 4.79 Å². The lowest BCUT2D eigenvalue weighted by molar-refractivity contribution is -0.129. The van der Waals surface area contributed by atoms with Crippen LogP contribution >= 0.6 is 0 Å². The number of carbonyl (C=O) groups is 1. The molecule has 1 aliphatic heterocycles. The smallest absolute Gasteiger partial charge is 0.248 e. The van der Waals surface area contributed by atoms with Crippen molar-refractivity contribution in [1.82, 2.24) is 5.01 Å². The van der Waals surface area contributed by atoms with Crippen molar-refractivity contribution >= 4 is 11.6 Å². The van der Waals surface area contributed by atoms with Gasteiger partial charge in [-0.15, -0.1) is 0 Å². The fourth-order valence-electron chi connectivity index (χ4n) is 1.76. The standard InChI is InChI=1S/C13H16N2O2/c1-10-3-5-11(6-4-10)8-15-13(16)7-12(14-15)9-17-2/h3-6H,7-9H2,1-2H3. The van der Waals surface area contributed by atoms with Crippen LogP contribution in [0.1, 0.15) is 17.5 Å². The van der Waals surface area contributed by atoms with Crippen LogP contribution in [0.25, 0.3) is 0 Å². The van der Waals surface area contributed by atoms with Gasteiger partial charge in [0, 0.05) is 7.11 Å². The van der Waals surface area contributed by atoms with E-state index in [1.54, 1.807) is 7.11 Å². The van der Waals surface area contributed by atoms with Gasteiger partial charge in [-0.1, -0.05) is 29.8 Å². The lowest BCUT2D eigenvalue weighted by Crippen LogP contribution is -2.20. The molecule has 0 atom stereocenters. The molecular weight excluding hydrogens is 216 g/mol. The fourth-order valence-corrected chi connectivity index (χ4v) is 1.76. The Morgan fingerprint density at radius 1 is 1.35 bits per heavy atom. The molecule has 0 radical (unpaired) electrons. The molecule has 0 spiro atoms. The Bertz CT molecular complexity index is 437. The maximum absolute atomic E-state index is 11.7. The minimum Gasteiger partial charge on any atom is -0.379 e. The number of amides is 1. The maximum atomic E-state index is 11.7. The molecule has 0 aromatic heterocycles. The van der Waals surface area contributed by atoms with Gasteiger partial charge in [-0.25, -0.2) is 5.01 Å². The Morgan fingerprint density at radius 3 is 2.71 bits per heavy atom. The van der Waals surface area contributed by atoms with E-state index >= 15 is 0 Å². The van der Waals surface area contributed by atoms with Crippen molar-refractivity contribution in [3.63, 3.8) is 0 Å². The van der Waals surface area contributed by atoms with E-state index in [0.717, 1.165) is 11.3 Å². The number of ether oxygens (including phenoxy) is 1. The summed E-state index contributed by atoms with van der Waals surface area (Å²) in [5.41, 5.74) is 3.10. The van der Waals surface area contributed by atoms with Crippen molar-refractivity contribution in [3.05, 3.63) is 35.4 Å². The van der Waals surface area contributed by atoms with Gasteiger partial charge in [0.05, 0.1) is 25.3 Å². The Hall–Kier alpha value is -1.68. The summed E-state index contributed by atoms with van der Waals surface area (Å²) in [5.74, 6) is 0.0395. The summed E-state index contributed by atoms with van der Waals surface area (Å²) >= 11 is 0. The van der Waals surface area contributed by atoms with Crippen LogP contribution in [0, 0.1) is 6.92 Å². The molecule has 1 heterocycles. The summed E-state index contributed by atoms with van der Waals surface area (Å²) in [6.45, 7) is 3.00. The zero-order valence-electron chi connectivity index (χ0n) is 10.1. The third-order valence-corrected chi connectivity index (χ3v) is 2.67. The molecule has 4 heteroatoms. The number of rotatable bonds is 4. The second kappa shape index (κ2) is 5.10. The van der Waals surface area contributed by atoms with Gasteiger partial charge in [0.15, 0.2) is 0 Å². The van der Waals surface area contributed by atoms with Crippen LogP contribution < -0.4 is 0 Å². The molecule has 0 unspecified atom stereocenters. The zero-order chi connectivity index (χ0) is 12.3. The number of methoxy groups -OCH3 is 1. The molecule has 17 heavy (non-hydrogen) atoms. The minimum atomic E-state index is 0.0395. The summed E-state index contributed by atoms with van der Waals surface area (Å²) in [4.78, 5) is 11.7. The van der Waals surface area contributed by atoms with Crippen molar-refractivity contribution in [1.29, 1.82) is 0 Å². The topological polar surface area (TPSA) is 41.9 Å². The highest BCUT2D eigenvalue weighted by atomic mass is 16.5. The lowest BCUT2D eigenvalue weighted by atomic mass is 10.1. The summed E-state index contributed by atoms with van der Waals surface area (Å²) in [6.07, 6.45) is 0.375. The molecule has 1 aliphatic rings. The summed E-state index contributed by atoms with van der Waals surface area (Å²) in [6, 6.07) is 8.12. The molecule has 0 N–H and O–H groups in total. The molecule has 1 amide bonds. The van der Waals surface area contributed by atoms with E-state index in [-0.39, 0.29) is 5.91 Å². The first-order chi connectivity index (χ1) is 8.19. The first-order valence-electron chi connectivity index (χ1n) is 5.60. The average molecular weight is 232 g/mol. The Balaban J connectivity index is 2.03. The van der Waals surface area contributed by atoms with Crippen molar-refractivity contribution in [3.8, 4) is 0 Å². The van der Waals surface area contributed by atoms with Crippen molar-refractivity contribution in [2.75, 3.05) is 13.7 Å². The third kappa shape index (κ3) is 2.91. The predicted molar refractivity (Wildman–Crippen MR) is 65.7 cm³/mol. The first-order valence-corrected chi connectivity index (χ1v) is 5.60. The molecule has 90 valence electrons. The normalized spacial score (nSPS) is 15.3. The van der Waals surface area contributed by atoms with Crippen LogP contribution in [-0.2, 0) is 16.1 Å². The highest BCUT2D eigenvalue weighted by Gasteiger charge is 2.23. The molecule has 0 saturated carbocycles. The van der Waals surface area contributed by atoms with Crippen LogP contribution in [0.3, 0.4) is 0 Å². The Morgan fingerprint density at radius 2 is 2.06 bits per heavy atom. The van der Waals surface area contributed by atoms with E-state index in [2.05, 4.69) is 5.10 Å². The molecule has 0 bridgehead atoms. The highest BCUT2D eigenvalue weighted by Crippen LogP contribution is 2.13. The largest absolute Gasteiger partial charge is 0.379 e. The van der Waals surface area contributed by atoms with E-state index in [9.17, 15) is 4.79 Å². The average Bonchev–Trinajstić information content (AvgIpc) is 2.63. The summed E-state index contributed by atoms with van der Waals surface area (Å²) in [5, 5.41) is 5.76. The summed E-state index contributed by atoms with van der Waals surface area (Å²) < 4.78 is 4.98. The van der Waals surface area contributed by atoms with Crippen LogP contribution in [0.2, 0.25) is 0 Å². The number of nitrogens with zero attached hydrogens (tertiary/aromatic N) is 2. The van der Waals surface area contributed by atoms with Gasteiger partial charge in [0.1, 0.15) is 0 Å². The van der Waals surface area contributed by atoms with Gasteiger partial charge < -0.3 is 4.74 Å². The van der Waals surface area contributed by atoms with Gasteiger partial charge in [0.25, 0.3) is 0 Å². The quantitative estimate of drug-likeness (QED) is 0.793. The van der Waals surface area contributed by atoms with Gasteiger partial charge in [-0.05, 0) is 12.5 Å². The Labute approximate surface area is 101 Å². The molecule has 0 aliphatic carbocycles.